The lowest BCUT2D eigenvalue weighted by atomic mass is 10.0. The van der Waals surface area contributed by atoms with Crippen molar-refractivity contribution in [3.63, 3.8) is 0 Å². The summed E-state index contributed by atoms with van der Waals surface area (Å²) < 4.78 is 5.74. The maximum atomic E-state index is 12.7. The van der Waals surface area contributed by atoms with Crippen LogP contribution in [-0.2, 0) is 4.79 Å². The summed E-state index contributed by atoms with van der Waals surface area (Å²) in [6.45, 7) is 2.94. The second kappa shape index (κ2) is 9.85. The van der Waals surface area contributed by atoms with Gasteiger partial charge in [-0.25, -0.2) is 0 Å². The van der Waals surface area contributed by atoms with Crippen LogP contribution >= 0.6 is 11.6 Å². The maximum Gasteiger partial charge on any atom is 0.263 e. The standard InChI is InChI=1S/C23H28ClN3O3/c1-16(30-21-10-6-18(24)7-11-21)23(29)27-14-12-19(13-15-27)25-22(28)17-4-8-20(9-5-17)26(2)3/h4-11,16,19H,12-15H2,1-3H3,(H,25,28). The van der Waals surface area contributed by atoms with Crippen molar-refractivity contribution >= 4 is 29.1 Å². The van der Waals surface area contributed by atoms with Gasteiger partial charge in [0, 0.05) is 49.5 Å². The third-order valence-corrected chi connectivity index (χ3v) is 5.51. The molecular weight excluding hydrogens is 402 g/mol. The zero-order valence-electron chi connectivity index (χ0n) is 17.6. The Morgan fingerprint density at radius 2 is 1.67 bits per heavy atom. The quantitative estimate of drug-likeness (QED) is 0.762. The zero-order valence-corrected chi connectivity index (χ0v) is 18.4. The first-order chi connectivity index (χ1) is 14.3. The number of anilines is 1. The van der Waals surface area contributed by atoms with Gasteiger partial charge in [0.2, 0.25) is 0 Å². The lowest BCUT2D eigenvalue weighted by molar-refractivity contribution is -0.139. The summed E-state index contributed by atoms with van der Waals surface area (Å²) >= 11 is 5.88. The van der Waals surface area contributed by atoms with Crippen LogP contribution in [0.4, 0.5) is 5.69 Å². The van der Waals surface area contributed by atoms with Crippen LogP contribution in [-0.4, -0.2) is 56.0 Å². The molecule has 2 aromatic rings. The molecule has 0 radical (unpaired) electrons. The van der Waals surface area contributed by atoms with Crippen molar-refractivity contribution in [3.05, 3.63) is 59.1 Å². The van der Waals surface area contributed by atoms with Gasteiger partial charge in [0.15, 0.2) is 6.10 Å². The highest BCUT2D eigenvalue weighted by Gasteiger charge is 2.27. The number of rotatable bonds is 6. The molecule has 6 nitrogen and oxygen atoms in total. The molecule has 30 heavy (non-hydrogen) atoms. The number of nitrogens with one attached hydrogen (secondary N) is 1. The van der Waals surface area contributed by atoms with Gasteiger partial charge in [-0.1, -0.05) is 11.6 Å². The Hall–Kier alpha value is -2.73. The van der Waals surface area contributed by atoms with Crippen LogP contribution in [0.5, 0.6) is 5.75 Å². The van der Waals surface area contributed by atoms with Crippen molar-refractivity contribution in [1.29, 1.82) is 0 Å². The smallest absolute Gasteiger partial charge is 0.263 e. The lowest BCUT2D eigenvalue weighted by Gasteiger charge is -2.33. The number of halogens is 1. The van der Waals surface area contributed by atoms with Crippen molar-refractivity contribution in [2.24, 2.45) is 0 Å². The number of hydrogen-bond donors (Lipinski definition) is 1. The highest BCUT2D eigenvalue weighted by Crippen LogP contribution is 2.19. The monoisotopic (exact) mass is 429 g/mol. The molecule has 0 aliphatic carbocycles. The zero-order chi connectivity index (χ0) is 21.7. The number of nitrogens with zero attached hydrogens (tertiary/aromatic N) is 2. The van der Waals surface area contributed by atoms with Gasteiger partial charge in [-0.05, 0) is 68.3 Å². The van der Waals surface area contributed by atoms with E-state index < -0.39 is 6.10 Å². The molecule has 1 saturated heterocycles. The lowest BCUT2D eigenvalue weighted by Crippen LogP contribution is -2.49. The van der Waals surface area contributed by atoms with Crippen LogP contribution in [0.1, 0.15) is 30.1 Å². The number of likely N-dealkylation sites (tertiary alicyclic amines) is 1. The van der Waals surface area contributed by atoms with Gasteiger partial charge in [0.25, 0.3) is 11.8 Å². The maximum absolute atomic E-state index is 12.7. The third kappa shape index (κ3) is 5.66. The molecule has 1 N–H and O–H groups in total. The van der Waals surface area contributed by atoms with Crippen molar-refractivity contribution in [3.8, 4) is 5.75 Å². The molecule has 1 fully saturated rings. The molecule has 1 aliphatic rings. The van der Waals surface area contributed by atoms with E-state index in [9.17, 15) is 9.59 Å². The van der Waals surface area contributed by atoms with Gasteiger partial charge in [-0.3, -0.25) is 9.59 Å². The van der Waals surface area contributed by atoms with Crippen molar-refractivity contribution in [2.45, 2.75) is 31.9 Å². The molecule has 0 bridgehead atoms. The molecule has 0 aromatic heterocycles. The Kier molecular flexibility index (Phi) is 7.21. The highest BCUT2D eigenvalue weighted by atomic mass is 35.5. The number of amides is 2. The minimum Gasteiger partial charge on any atom is -0.481 e. The first-order valence-corrected chi connectivity index (χ1v) is 10.5. The minimum atomic E-state index is -0.576. The third-order valence-electron chi connectivity index (χ3n) is 5.26. The van der Waals surface area contributed by atoms with Crippen LogP contribution in [0.25, 0.3) is 0 Å². The van der Waals surface area contributed by atoms with E-state index in [0.717, 1.165) is 18.5 Å². The topological polar surface area (TPSA) is 61.9 Å². The summed E-state index contributed by atoms with van der Waals surface area (Å²) in [7, 11) is 3.93. The number of piperidine rings is 1. The molecule has 1 unspecified atom stereocenters. The Bertz CT molecular complexity index is 860. The van der Waals surface area contributed by atoms with E-state index in [4.69, 9.17) is 16.3 Å². The summed E-state index contributed by atoms with van der Waals surface area (Å²) in [4.78, 5) is 29.0. The fourth-order valence-corrected chi connectivity index (χ4v) is 3.57. The highest BCUT2D eigenvalue weighted by molar-refractivity contribution is 6.30. The van der Waals surface area contributed by atoms with E-state index in [1.807, 2.05) is 43.3 Å². The molecule has 0 spiro atoms. The Morgan fingerprint density at radius 1 is 1.07 bits per heavy atom. The summed E-state index contributed by atoms with van der Waals surface area (Å²) in [5.74, 6) is 0.487. The molecular formula is C23H28ClN3O3. The molecule has 2 amide bonds. The van der Waals surface area contributed by atoms with E-state index >= 15 is 0 Å². The van der Waals surface area contributed by atoms with E-state index in [1.54, 1.807) is 36.1 Å². The predicted octanol–water partition coefficient (Wildman–Crippen LogP) is 3.59. The first kappa shape index (κ1) is 22.0. The average Bonchev–Trinajstić information content (AvgIpc) is 2.75. The van der Waals surface area contributed by atoms with Gasteiger partial charge < -0.3 is 19.9 Å². The van der Waals surface area contributed by atoms with Gasteiger partial charge in [0.1, 0.15) is 5.75 Å². The number of carbonyl (C=O) groups is 2. The fraction of sp³-hybridized carbons (Fsp3) is 0.391. The van der Waals surface area contributed by atoms with Crippen LogP contribution in [0, 0.1) is 0 Å². The van der Waals surface area contributed by atoms with Crippen LogP contribution in [0.3, 0.4) is 0 Å². The molecule has 0 saturated carbocycles. The first-order valence-electron chi connectivity index (χ1n) is 10.1. The second-order valence-corrected chi connectivity index (χ2v) is 8.16. The van der Waals surface area contributed by atoms with Gasteiger partial charge in [-0.15, -0.1) is 0 Å². The predicted molar refractivity (Wildman–Crippen MR) is 119 cm³/mol. The van der Waals surface area contributed by atoms with Crippen LogP contribution in [0.15, 0.2) is 48.5 Å². The number of hydrogen-bond acceptors (Lipinski definition) is 4. The van der Waals surface area contributed by atoms with E-state index in [1.165, 1.54) is 0 Å². The van der Waals surface area contributed by atoms with E-state index in [2.05, 4.69) is 5.32 Å². The Balaban J connectivity index is 1.47. The second-order valence-electron chi connectivity index (χ2n) is 7.73. The average molecular weight is 430 g/mol. The summed E-state index contributed by atoms with van der Waals surface area (Å²) in [6.07, 6.45) is 0.870. The number of benzene rings is 2. The van der Waals surface area contributed by atoms with Crippen molar-refractivity contribution in [1.82, 2.24) is 10.2 Å². The number of ether oxygens (including phenoxy) is 1. The number of carbonyl (C=O) groups excluding carboxylic acids is 2. The van der Waals surface area contributed by atoms with Gasteiger partial charge in [0.05, 0.1) is 0 Å². The summed E-state index contributed by atoms with van der Waals surface area (Å²) in [5.41, 5.74) is 1.69. The molecule has 7 heteroatoms. The molecule has 1 heterocycles. The molecule has 1 atom stereocenters. The largest absolute Gasteiger partial charge is 0.481 e. The van der Waals surface area contributed by atoms with Crippen molar-refractivity contribution in [2.75, 3.05) is 32.1 Å². The SMILES string of the molecule is CC(Oc1ccc(Cl)cc1)C(=O)N1CCC(NC(=O)c2ccc(N(C)C)cc2)CC1. The Morgan fingerprint density at radius 3 is 2.23 bits per heavy atom. The Labute approximate surface area is 182 Å². The van der Waals surface area contributed by atoms with E-state index in [0.29, 0.717) is 29.4 Å². The normalized spacial score (nSPS) is 15.4. The van der Waals surface area contributed by atoms with E-state index in [-0.39, 0.29) is 17.9 Å². The van der Waals surface area contributed by atoms with Gasteiger partial charge >= 0.3 is 0 Å². The van der Waals surface area contributed by atoms with Crippen molar-refractivity contribution < 1.29 is 14.3 Å². The molecule has 1 aliphatic heterocycles. The summed E-state index contributed by atoms with van der Waals surface area (Å²) in [5, 5.41) is 3.71. The summed E-state index contributed by atoms with van der Waals surface area (Å²) in [6, 6.07) is 14.5. The fourth-order valence-electron chi connectivity index (χ4n) is 3.45. The molecule has 2 aromatic carbocycles. The van der Waals surface area contributed by atoms with Gasteiger partial charge in [-0.2, -0.15) is 0 Å². The van der Waals surface area contributed by atoms with Crippen LogP contribution in [0.2, 0.25) is 5.02 Å². The molecule has 160 valence electrons. The van der Waals surface area contributed by atoms with Crippen LogP contribution < -0.4 is 15.0 Å². The molecule has 3 rings (SSSR count). The minimum absolute atomic E-state index is 0.0472.